The molecular weight excluding hydrogens is 483 g/mol. The highest BCUT2D eigenvalue weighted by Crippen LogP contribution is 2.35. The number of nitrogens with zero attached hydrogens (tertiary/aromatic N) is 3. The number of aromatic carboxylic acids is 1. The van der Waals surface area contributed by atoms with Crippen LogP contribution in [0.25, 0.3) is 16.5 Å². The van der Waals surface area contributed by atoms with Gasteiger partial charge in [0.2, 0.25) is 0 Å². The van der Waals surface area contributed by atoms with Crippen molar-refractivity contribution in [3.8, 4) is 0 Å². The van der Waals surface area contributed by atoms with E-state index >= 15 is 0 Å². The number of aromatic amines is 1. The highest BCUT2D eigenvalue weighted by molar-refractivity contribution is 7.90. The zero-order chi connectivity index (χ0) is 25.6. The van der Waals surface area contributed by atoms with Gasteiger partial charge >= 0.3 is 16.2 Å². The molecule has 0 atom stereocenters. The monoisotopic (exact) mass is 512 g/mol. The van der Waals surface area contributed by atoms with Crippen molar-refractivity contribution in [3.63, 3.8) is 0 Å². The standard InChI is InChI=1S/C26H29FN4O4S/c1-17(2)31-16-20-13-19(26(32)33)3-6-25(20)30(36(31,34)35)12-11-29-9-7-18(8-10-29)23-15-28-24-14-21(27)4-5-22(23)24/h3-7,13-15,17,28H,8-12,16H2,1-2H3,(H,32,33). The molecule has 2 aliphatic heterocycles. The zero-order valence-corrected chi connectivity index (χ0v) is 21.1. The molecule has 3 heterocycles. The van der Waals surface area contributed by atoms with Crippen molar-refractivity contribution in [3.05, 3.63) is 71.2 Å². The normalized spacial score (nSPS) is 18.4. The van der Waals surface area contributed by atoms with Gasteiger partial charge in [0, 0.05) is 61.4 Å². The minimum absolute atomic E-state index is 0.144. The second-order valence-electron chi connectivity index (χ2n) is 9.54. The van der Waals surface area contributed by atoms with Crippen LogP contribution in [0.5, 0.6) is 0 Å². The third-order valence-electron chi connectivity index (χ3n) is 6.97. The number of hydrogen-bond donors (Lipinski definition) is 2. The second kappa shape index (κ2) is 9.34. The van der Waals surface area contributed by atoms with E-state index in [1.54, 1.807) is 18.2 Å². The van der Waals surface area contributed by atoms with E-state index in [1.807, 2.05) is 20.0 Å². The number of carbonyl (C=O) groups is 1. The predicted molar refractivity (Wildman–Crippen MR) is 138 cm³/mol. The molecule has 36 heavy (non-hydrogen) atoms. The molecule has 2 N–H and O–H groups in total. The summed E-state index contributed by atoms with van der Waals surface area (Å²) >= 11 is 0. The highest BCUT2D eigenvalue weighted by atomic mass is 32.2. The van der Waals surface area contributed by atoms with Gasteiger partial charge in [-0.1, -0.05) is 6.08 Å². The maximum atomic E-state index is 13.5. The molecule has 0 amide bonds. The summed E-state index contributed by atoms with van der Waals surface area (Å²) in [6.07, 6.45) is 4.86. The molecule has 190 valence electrons. The molecule has 0 fully saturated rings. The molecule has 0 spiro atoms. The van der Waals surface area contributed by atoms with Crippen LogP contribution in [0.2, 0.25) is 0 Å². The number of H-pyrrole nitrogens is 1. The van der Waals surface area contributed by atoms with Gasteiger partial charge in [0.1, 0.15) is 5.82 Å². The molecule has 1 aromatic heterocycles. The average Bonchev–Trinajstić information content (AvgIpc) is 3.25. The zero-order valence-electron chi connectivity index (χ0n) is 20.2. The Bertz CT molecular complexity index is 1460. The summed E-state index contributed by atoms with van der Waals surface area (Å²) in [7, 11) is -3.74. The summed E-state index contributed by atoms with van der Waals surface area (Å²) in [5.74, 6) is -1.31. The molecule has 5 rings (SSSR count). The van der Waals surface area contributed by atoms with Gasteiger partial charge < -0.3 is 10.1 Å². The van der Waals surface area contributed by atoms with Gasteiger partial charge in [0.25, 0.3) is 0 Å². The van der Waals surface area contributed by atoms with Crippen molar-refractivity contribution in [1.29, 1.82) is 0 Å². The van der Waals surface area contributed by atoms with Gasteiger partial charge in [0.15, 0.2) is 0 Å². The molecule has 2 aliphatic rings. The molecule has 0 unspecified atom stereocenters. The summed E-state index contributed by atoms with van der Waals surface area (Å²) in [5.41, 5.74) is 4.39. The van der Waals surface area contributed by atoms with Crippen molar-refractivity contribution >= 4 is 38.3 Å². The van der Waals surface area contributed by atoms with E-state index in [0.29, 0.717) is 24.3 Å². The lowest BCUT2D eigenvalue weighted by molar-refractivity contribution is 0.0696. The van der Waals surface area contributed by atoms with E-state index in [9.17, 15) is 22.7 Å². The number of anilines is 1. The number of fused-ring (bicyclic) bond motifs is 2. The van der Waals surface area contributed by atoms with E-state index in [0.717, 1.165) is 29.4 Å². The fraction of sp³-hybridized carbons (Fsp3) is 0.346. The van der Waals surface area contributed by atoms with Crippen molar-refractivity contribution in [2.45, 2.75) is 32.9 Å². The minimum Gasteiger partial charge on any atom is -0.478 e. The van der Waals surface area contributed by atoms with Crippen LogP contribution in [0.1, 0.15) is 41.8 Å². The van der Waals surface area contributed by atoms with E-state index < -0.39 is 16.2 Å². The SMILES string of the molecule is CC(C)N1Cc2cc(C(=O)O)ccc2N(CCN2CC=C(c3c[nH]c4cc(F)ccc34)CC2)S1(=O)=O. The maximum absolute atomic E-state index is 13.5. The molecule has 8 nitrogen and oxygen atoms in total. The predicted octanol–water partition coefficient (Wildman–Crippen LogP) is 4.07. The fourth-order valence-electron chi connectivity index (χ4n) is 5.03. The summed E-state index contributed by atoms with van der Waals surface area (Å²) in [5, 5.41) is 10.4. The number of aromatic nitrogens is 1. The van der Waals surface area contributed by atoms with Gasteiger partial charge in [-0.25, -0.2) is 9.18 Å². The molecule has 0 bridgehead atoms. The first kappa shape index (κ1) is 24.5. The van der Waals surface area contributed by atoms with Gasteiger partial charge in [-0.3, -0.25) is 9.21 Å². The van der Waals surface area contributed by atoms with E-state index in [1.165, 1.54) is 32.4 Å². The van der Waals surface area contributed by atoms with E-state index in [-0.39, 0.29) is 30.5 Å². The third-order valence-corrected chi connectivity index (χ3v) is 9.05. The molecule has 2 aromatic carbocycles. The van der Waals surface area contributed by atoms with Gasteiger partial charge in [-0.2, -0.15) is 12.7 Å². The Morgan fingerprint density at radius 3 is 2.67 bits per heavy atom. The number of nitrogens with one attached hydrogen (secondary N) is 1. The van der Waals surface area contributed by atoms with Crippen LogP contribution >= 0.6 is 0 Å². The van der Waals surface area contributed by atoms with Crippen molar-refractivity contribution in [2.75, 3.05) is 30.5 Å². The van der Waals surface area contributed by atoms with Crippen LogP contribution in [-0.2, 0) is 16.8 Å². The molecule has 0 saturated heterocycles. The van der Waals surface area contributed by atoms with Crippen LogP contribution in [0, 0.1) is 5.82 Å². The summed E-state index contributed by atoms with van der Waals surface area (Å²) in [6, 6.07) is 9.11. The van der Waals surface area contributed by atoms with Crippen LogP contribution in [0.3, 0.4) is 0 Å². The Labute approximate surface area is 209 Å². The van der Waals surface area contributed by atoms with Crippen molar-refractivity contribution in [2.24, 2.45) is 0 Å². The summed E-state index contributed by atoms with van der Waals surface area (Å²) in [4.78, 5) is 16.8. The van der Waals surface area contributed by atoms with Crippen molar-refractivity contribution < 1.29 is 22.7 Å². The quantitative estimate of drug-likeness (QED) is 0.519. The highest BCUT2D eigenvalue weighted by Gasteiger charge is 2.38. The van der Waals surface area contributed by atoms with Crippen LogP contribution < -0.4 is 4.31 Å². The Kier molecular flexibility index (Phi) is 6.36. The first-order valence-electron chi connectivity index (χ1n) is 12.0. The van der Waals surface area contributed by atoms with Gasteiger partial charge in [-0.05, 0) is 67.8 Å². The largest absolute Gasteiger partial charge is 0.478 e. The number of halogens is 1. The molecule has 3 aromatic rings. The van der Waals surface area contributed by atoms with E-state index in [4.69, 9.17) is 0 Å². The second-order valence-corrected chi connectivity index (χ2v) is 11.3. The molecule has 0 radical (unpaired) electrons. The van der Waals surface area contributed by atoms with Crippen LogP contribution in [0.4, 0.5) is 10.1 Å². The maximum Gasteiger partial charge on any atom is 0.335 e. The first-order valence-corrected chi connectivity index (χ1v) is 13.4. The lowest BCUT2D eigenvalue weighted by Gasteiger charge is -2.40. The van der Waals surface area contributed by atoms with E-state index in [2.05, 4.69) is 16.0 Å². The number of benzene rings is 2. The van der Waals surface area contributed by atoms with Crippen LogP contribution in [0.15, 0.2) is 48.7 Å². The Morgan fingerprint density at radius 2 is 1.97 bits per heavy atom. The molecular formula is C26H29FN4O4S. The topological polar surface area (TPSA) is 97.0 Å². The van der Waals surface area contributed by atoms with Crippen LogP contribution in [-0.4, -0.2) is 65.9 Å². The lowest BCUT2D eigenvalue weighted by atomic mass is 9.99. The van der Waals surface area contributed by atoms with Gasteiger partial charge in [0.05, 0.1) is 11.3 Å². The number of rotatable bonds is 6. The Balaban J connectivity index is 1.34. The average molecular weight is 513 g/mol. The smallest absolute Gasteiger partial charge is 0.335 e. The van der Waals surface area contributed by atoms with Crippen molar-refractivity contribution in [1.82, 2.24) is 14.2 Å². The summed E-state index contributed by atoms with van der Waals surface area (Å²) in [6.45, 7) is 6.03. The number of carboxylic acid groups (broad SMARTS) is 1. The fourth-order valence-corrected chi connectivity index (χ4v) is 6.86. The summed E-state index contributed by atoms with van der Waals surface area (Å²) < 4.78 is 43.2. The lowest BCUT2D eigenvalue weighted by Crippen LogP contribution is -2.52. The Hall–Kier alpha value is -3.21. The number of hydrogen-bond acceptors (Lipinski definition) is 4. The first-order chi connectivity index (χ1) is 17.1. The molecule has 0 saturated carbocycles. The number of carboxylic acids is 1. The Morgan fingerprint density at radius 1 is 1.17 bits per heavy atom. The molecule has 0 aliphatic carbocycles. The minimum atomic E-state index is -3.74. The van der Waals surface area contributed by atoms with Gasteiger partial charge in [-0.15, -0.1) is 0 Å². The molecule has 10 heteroatoms. The third kappa shape index (κ3) is 4.40.